The molecule has 0 aliphatic heterocycles. The van der Waals surface area contributed by atoms with E-state index in [0.717, 1.165) is 38.9 Å². The molecule has 2 aromatic carbocycles. The number of thioether (sulfide) groups is 1. The van der Waals surface area contributed by atoms with E-state index in [2.05, 4.69) is 15.5 Å². The maximum Gasteiger partial charge on any atom is 0.234 e. The Hall–Kier alpha value is -2.57. The van der Waals surface area contributed by atoms with E-state index >= 15 is 0 Å². The minimum absolute atomic E-state index is 0.0742. The summed E-state index contributed by atoms with van der Waals surface area (Å²) in [6, 6.07) is 13.7. The summed E-state index contributed by atoms with van der Waals surface area (Å²) >= 11 is 7.52. The van der Waals surface area contributed by atoms with Crippen molar-refractivity contribution in [3.8, 4) is 0 Å². The molecule has 28 heavy (non-hydrogen) atoms. The summed E-state index contributed by atoms with van der Waals surface area (Å²) < 4.78 is 1.97. The molecule has 0 bridgehead atoms. The Morgan fingerprint density at radius 3 is 2.71 bits per heavy atom. The maximum absolute atomic E-state index is 12.5. The number of aromatic nitrogens is 3. The lowest BCUT2D eigenvalue weighted by Gasteiger charge is -2.10. The van der Waals surface area contributed by atoms with Gasteiger partial charge in [-0.2, -0.15) is 0 Å². The van der Waals surface area contributed by atoms with Gasteiger partial charge in [-0.1, -0.05) is 35.5 Å². The standard InChI is InChI=1S/C21H19ClN4OS/c1-12-4-5-13(2)17(8-12)23-20(27)11-28-21-25-24-19-9-14(3)16-10-15(22)6-7-18(16)26(19)21/h4-10H,11H2,1-3H3,(H,23,27). The third kappa shape index (κ3) is 3.57. The molecule has 5 nitrogen and oxygen atoms in total. The van der Waals surface area contributed by atoms with E-state index in [-0.39, 0.29) is 11.7 Å². The van der Waals surface area contributed by atoms with Crippen molar-refractivity contribution in [1.82, 2.24) is 14.6 Å². The first-order valence-electron chi connectivity index (χ1n) is 8.86. The van der Waals surface area contributed by atoms with Crippen LogP contribution in [-0.4, -0.2) is 26.3 Å². The maximum atomic E-state index is 12.5. The molecule has 1 N–H and O–H groups in total. The van der Waals surface area contributed by atoms with Crippen LogP contribution < -0.4 is 5.32 Å². The number of hydrogen-bond donors (Lipinski definition) is 1. The predicted molar refractivity (Wildman–Crippen MR) is 116 cm³/mol. The zero-order valence-electron chi connectivity index (χ0n) is 15.8. The van der Waals surface area contributed by atoms with Crippen molar-refractivity contribution in [2.45, 2.75) is 25.9 Å². The number of hydrogen-bond acceptors (Lipinski definition) is 4. The van der Waals surface area contributed by atoms with Gasteiger partial charge in [0.05, 0.1) is 11.3 Å². The fourth-order valence-corrected chi connectivity index (χ4v) is 4.10. The highest BCUT2D eigenvalue weighted by atomic mass is 35.5. The summed E-state index contributed by atoms with van der Waals surface area (Å²) in [6.07, 6.45) is 0. The van der Waals surface area contributed by atoms with Crippen molar-refractivity contribution in [3.63, 3.8) is 0 Å². The monoisotopic (exact) mass is 410 g/mol. The second-order valence-electron chi connectivity index (χ2n) is 6.82. The van der Waals surface area contributed by atoms with Crippen LogP contribution in [0.3, 0.4) is 0 Å². The molecular formula is C21H19ClN4OS. The summed E-state index contributed by atoms with van der Waals surface area (Å²) in [6.45, 7) is 6.01. The summed E-state index contributed by atoms with van der Waals surface area (Å²) in [5.41, 5.74) is 5.80. The lowest BCUT2D eigenvalue weighted by atomic mass is 10.1. The van der Waals surface area contributed by atoms with Crippen LogP contribution in [0, 0.1) is 20.8 Å². The average Bonchev–Trinajstić information content (AvgIpc) is 3.06. The third-order valence-electron chi connectivity index (χ3n) is 4.63. The van der Waals surface area contributed by atoms with E-state index in [9.17, 15) is 4.79 Å². The molecule has 2 aromatic heterocycles. The van der Waals surface area contributed by atoms with Crippen LogP contribution in [0.2, 0.25) is 5.02 Å². The van der Waals surface area contributed by atoms with E-state index in [1.165, 1.54) is 11.8 Å². The average molecular weight is 411 g/mol. The highest BCUT2D eigenvalue weighted by Gasteiger charge is 2.14. The minimum atomic E-state index is -0.0742. The lowest BCUT2D eigenvalue weighted by molar-refractivity contribution is -0.113. The Balaban J connectivity index is 1.60. The molecule has 4 aromatic rings. The number of amides is 1. The lowest BCUT2D eigenvalue weighted by Crippen LogP contribution is -2.15. The number of halogens is 1. The molecule has 7 heteroatoms. The van der Waals surface area contributed by atoms with E-state index in [1.54, 1.807) is 0 Å². The van der Waals surface area contributed by atoms with Gasteiger partial charge in [0.1, 0.15) is 0 Å². The molecule has 0 aliphatic carbocycles. The Kier molecular flexibility index (Phi) is 5.00. The third-order valence-corrected chi connectivity index (χ3v) is 5.79. The Bertz CT molecular complexity index is 1220. The number of aryl methyl sites for hydroxylation is 3. The fraction of sp³-hybridized carbons (Fsp3) is 0.190. The van der Waals surface area contributed by atoms with Gasteiger partial charge in [0.15, 0.2) is 10.8 Å². The number of nitrogens with one attached hydrogen (secondary N) is 1. The SMILES string of the molecule is Cc1ccc(C)c(NC(=O)CSc2nnc3cc(C)c4cc(Cl)ccc4n23)c1. The molecule has 0 atom stereocenters. The molecule has 142 valence electrons. The normalized spacial score (nSPS) is 11.3. The number of carbonyl (C=O) groups excluding carboxylic acids is 1. The molecule has 4 rings (SSSR count). The molecule has 0 radical (unpaired) electrons. The summed E-state index contributed by atoms with van der Waals surface area (Å²) in [4.78, 5) is 12.5. The van der Waals surface area contributed by atoms with Gasteiger partial charge < -0.3 is 5.32 Å². The van der Waals surface area contributed by atoms with Gasteiger partial charge in [0.2, 0.25) is 5.91 Å². The van der Waals surface area contributed by atoms with Gasteiger partial charge in [-0.05, 0) is 67.8 Å². The van der Waals surface area contributed by atoms with Gasteiger partial charge in [-0.25, -0.2) is 0 Å². The first kappa shape index (κ1) is 18.8. The zero-order valence-corrected chi connectivity index (χ0v) is 17.4. The number of rotatable bonds is 4. The second kappa shape index (κ2) is 7.45. The van der Waals surface area contributed by atoms with E-state index in [1.807, 2.05) is 67.6 Å². The van der Waals surface area contributed by atoms with Crippen molar-refractivity contribution < 1.29 is 4.79 Å². The van der Waals surface area contributed by atoms with Crippen LogP contribution >= 0.6 is 23.4 Å². The van der Waals surface area contributed by atoms with Crippen LogP contribution in [0.15, 0.2) is 47.6 Å². The first-order chi connectivity index (χ1) is 13.4. The number of nitrogens with zero attached hydrogens (tertiary/aromatic N) is 3. The Morgan fingerprint density at radius 2 is 1.89 bits per heavy atom. The molecule has 0 unspecified atom stereocenters. The van der Waals surface area contributed by atoms with Gasteiger partial charge in [-0.15, -0.1) is 10.2 Å². The Morgan fingerprint density at radius 1 is 1.07 bits per heavy atom. The van der Waals surface area contributed by atoms with Gasteiger partial charge >= 0.3 is 0 Å². The van der Waals surface area contributed by atoms with Crippen LogP contribution in [0.4, 0.5) is 5.69 Å². The quantitative estimate of drug-likeness (QED) is 0.470. The van der Waals surface area contributed by atoms with Crippen LogP contribution in [-0.2, 0) is 4.79 Å². The van der Waals surface area contributed by atoms with Gasteiger partial charge in [0.25, 0.3) is 0 Å². The summed E-state index contributed by atoms with van der Waals surface area (Å²) in [5.74, 6) is 0.173. The van der Waals surface area contributed by atoms with Gasteiger partial charge in [0, 0.05) is 16.1 Å². The van der Waals surface area contributed by atoms with Crippen molar-refractivity contribution in [1.29, 1.82) is 0 Å². The minimum Gasteiger partial charge on any atom is -0.325 e. The van der Waals surface area contributed by atoms with E-state index in [4.69, 9.17) is 11.6 Å². The van der Waals surface area contributed by atoms with Crippen molar-refractivity contribution in [2.24, 2.45) is 0 Å². The molecule has 0 saturated carbocycles. The summed E-state index contributed by atoms with van der Waals surface area (Å²) in [5, 5.41) is 13.9. The summed E-state index contributed by atoms with van der Waals surface area (Å²) in [7, 11) is 0. The molecule has 0 aliphatic rings. The highest BCUT2D eigenvalue weighted by molar-refractivity contribution is 7.99. The number of anilines is 1. The first-order valence-corrected chi connectivity index (χ1v) is 10.2. The molecule has 0 spiro atoms. The topological polar surface area (TPSA) is 59.3 Å². The smallest absolute Gasteiger partial charge is 0.234 e. The van der Waals surface area contributed by atoms with Crippen LogP contribution in [0.5, 0.6) is 0 Å². The Labute approximate surface area is 172 Å². The van der Waals surface area contributed by atoms with Crippen LogP contribution in [0.25, 0.3) is 16.6 Å². The largest absolute Gasteiger partial charge is 0.325 e. The predicted octanol–water partition coefficient (Wildman–Crippen LogP) is 5.19. The van der Waals surface area contributed by atoms with Crippen molar-refractivity contribution in [2.75, 3.05) is 11.1 Å². The number of pyridine rings is 1. The van der Waals surface area contributed by atoms with Gasteiger partial charge in [-0.3, -0.25) is 9.20 Å². The van der Waals surface area contributed by atoms with E-state index < -0.39 is 0 Å². The van der Waals surface area contributed by atoms with Crippen molar-refractivity contribution >= 4 is 51.5 Å². The molecular weight excluding hydrogens is 392 g/mol. The number of fused-ring (bicyclic) bond motifs is 3. The molecule has 1 amide bonds. The highest BCUT2D eigenvalue weighted by Crippen LogP contribution is 2.28. The second-order valence-corrected chi connectivity index (χ2v) is 8.20. The number of carbonyl (C=O) groups is 1. The molecule has 0 saturated heterocycles. The number of benzene rings is 2. The fourth-order valence-electron chi connectivity index (χ4n) is 3.17. The van der Waals surface area contributed by atoms with Crippen LogP contribution in [0.1, 0.15) is 16.7 Å². The molecule has 2 heterocycles. The molecule has 0 fully saturated rings. The zero-order chi connectivity index (χ0) is 19.8. The van der Waals surface area contributed by atoms with Crippen molar-refractivity contribution in [3.05, 3.63) is 64.2 Å². The van der Waals surface area contributed by atoms with E-state index in [0.29, 0.717) is 10.2 Å².